The van der Waals surface area contributed by atoms with Crippen molar-refractivity contribution in [2.75, 3.05) is 11.9 Å². The standard InChI is InChI=1S/C27H31F2N3O3/c1-17(2)16-27(28,29)25(35)31-26(14-8-9-15-26)24(34)30-22-20-12-5-4-10-18(20)19-11-6-7-13-21(19)32(3)23(22)33/h4-7,10-13,17,22H,8-9,14-16H2,1-3H3,(H,30,34)(H,31,35). The van der Waals surface area contributed by atoms with Crippen LogP contribution in [-0.2, 0) is 14.4 Å². The van der Waals surface area contributed by atoms with Gasteiger partial charge in [0.05, 0.1) is 5.69 Å². The molecule has 0 saturated heterocycles. The van der Waals surface area contributed by atoms with Crippen molar-refractivity contribution in [2.24, 2.45) is 5.92 Å². The molecule has 6 nitrogen and oxygen atoms in total. The normalized spacial score (nSPS) is 19.1. The molecule has 186 valence electrons. The molecule has 2 aromatic carbocycles. The number of alkyl halides is 2. The highest BCUT2D eigenvalue weighted by atomic mass is 19.3. The van der Waals surface area contributed by atoms with E-state index in [1.807, 2.05) is 36.4 Å². The number of halogens is 2. The van der Waals surface area contributed by atoms with Crippen LogP contribution in [0, 0.1) is 5.92 Å². The highest BCUT2D eigenvalue weighted by molar-refractivity contribution is 6.06. The molecule has 0 spiro atoms. The van der Waals surface area contributed by atoms with Crippen molar-refractivity contribution in [3.8, 4) is 11.1 Å². The smallest absolute Gasteiger partial charge is 0.324 e. The van der Waals surface area contributed by atoms with E-state index in [-0.39, 0.29) is 24.7 Å². The van der Waals surface area contributed by atoms with Crippen LogP contribution in [0.4, 0.5) is 14.5 Å². The van der Waals surface area contributed by atoms with Crippen LogP contribution in [0.2, 0.25) is 0 Å². The number of rotatable bonds is 6. The molecule has 1 heterocycles. The Labute approximate surface area is 204 Å². The van der Waals surface area contributed by atoms with Crippen molar-refractivity contribution >= 4 is 23.4 Å². The monoisotopic (exact) mass is 483 g/mol. The van der Waals surface area contributed by atoms with E-state index < -0.39 is 35.7 Å². The third-order valence-electron chi connectivity index (χ3n) is 6.92. The first-order valence-corrected chi connectivity index (χ1v) is 12.0. The van der Waals surface area contributed by atoms with Gasteiger partial charge in [0.25, 0.3) is 11.8 Å². The average Bonchev–Trinajstić information content (AvgIpc) is 3.27. The predicted molar refractivity (Wildman–Crippen MR) is 130 cm³/mol. The summed E-state index contributed by atoms with van der Waals surface area (Å²) in [6.07, 6.45) is 1.10. The molecule has 1 unspecified atom stereocenters. The second-order valence-corrected chi connectivity index (χ2v) is 9.95. The van der Waals surface area contributed by atoms with E-state index >= 15 is 0 Å². The van der Waals surface area contributed by atoms with Gasteiger partial charge in [0.2, 0.25) is 5.91 Å². The molecule has 1 atom stereocenters. The third-order valence-corrected chi connectivity index (χ3v) is 6.92. The van der Waals surface area contributed by atoms with Crippen LogP contribution in [0.5, 0.6) is 0 Å². The Kier molecular flexibility index (Phi) is 6.66. The average molecular weight is 484 g/mol. The van der Waals surface area contributed by atoms with Gasteiger partial charge in [-0.3, -0.25) is 14.4 Å². The number of carbonyl (C=O) groups is 3. The zero-order valence-corrected chi connectivity index (χ0v) is 20.2. The molecule has 35 heavy (non-hydrogen) atoms. The first-order valence-electron chi connectivity index (χ1n) is 12.0. The maximum Gasteiger partial charge on any atom is 0.324 e. The summed E-state index contributed by atoms with van der Waals surface area (Å²) in [6, 6.07) is 13.8. The summed E-state index contributed by atoms with van der Waals surface area (Å²) < 4.78 is 29.0. The van der Waals surface area contributed by atoms with Gasteiger partial charge in [0.15, 0.2) is 0 Å². The van der Waals surface area contributed by atoms with E-state index in [9.17, 15) is 23.2 Å². The lowest BCUT2D eigenvalue weighted by molar-refractivity contribution is -0.152. The quantitative estimate of drug-likeness (QED) is 0.631. The molecule has 2 aromatic rings. The summed E-state index contributed by atoms with van der Waals surface area (Å²) in [5.74, 6) is -6.38. The highest BCUT2D eigenvalue weighted by Gasteiger charge is 2.49. The lowest BCUT2D eigenvalue weighted by atomic mass is 9.92. The lowest BCUT2D eigenvalue weighted by Crippen LogP contribution is -2.61. The van der Waals surface area contributed by atoms with Crippen LogP contribution in [0.3, 0.4) is 0 Å². The lowest BCUT2D eigenvalue weighted by Gasteiger charge is -2.33. The molecule has 4 rings (SSSR count). The van der Waals surface area contributed by atoms with Gasteiger partial charge in [-0.15, -0.1) is 0 Å². The van der Waals surface area contributed by atoms with Gasteiger partial charge in [0.1, 0.15) is 11.6 Å². The minimum Gasteiger partial charge on any atom is -0.338 e. The van der Waals surface area contributed by atoms with Crippen LogP contribution in [-0.4, -0.2) is 36.2 Å². The zero-order chi connectivity index (χ0) is 25.4. The van der Waals surface area contributed by atoms with Gasteiger partial charge < -0.3 is 15.5 Å². The highest BCUT2D eigenvalue weighted by Crippen LogP contribution is 2.40. The van der Waals surface area contributed by atoms with Crippen LogP contribution in [0.1, 0.15) is 57.6 Å². The number of hydrogen-bond acceptors (Lipinski definition) is 3. The second-order valence-electron chi connectivity index (χ2n) is 9.95. The molecule has 2 N–H and O–H groups in total. The van der Waals surface area contributed by atoms with Gasteiger partial charge in [-0.25, -0.2) is 0 Å². The first-order chi connectivity index (χ1) is 16.6. The second kappa shape index (κ2) is 9.40. The maximum absolute atomic E-state index is 14.5. The predicted octanol–water partition coefficient (Wildman–Crippen LogP) is 4.60. The van der Waals surface area contributed by atoms with E-state index in [1.54, 1.807) is 33.0 Å². The number of carbonyl (C=O) groups excluding carboxylic acids is 3. The number of fused-ring (bicyclic) bond motifs is 3. The molecule has 0 radical (unpaired) electrons. The van der Waals surface area contributed by atoms with E-state index in [2.05, 4.69) is 10.6 Å². The Balaban J connectivity index is 1.66. The van der Waals surface area contributed by atoms with E-state index in [1.165, 1.54) is 4.90 Å². The van der Waals surface area contributed by atoms with Crippen molar-refractivity contribution < 1.29 is 23.2 Å². The molecular weight excluding hydrogens is 452 g/mol. The Morgan fingerprint density at radius 3 is 2.31 bits per heavy atom. The molecule has 0 aromatic heterocycles. The van der Waals surface area contributed by atoms with Crippen molar-refractivity contribution in [2.45, 2.75) is 63.5 Å². The molecular formula is C27H31F2N3O3. The molecule has 0 bridgehead atoms. The number of hydrogen-bond donors (Lipinski definition) is 2. The van der Waals surface area contributed by atoms with Gasteiger partial charge in [-0.05, 0) is 36.0 Å². The zero-order valence-electron chi connectivity index (χ0n) is 20.2. The Morgan fingerprint density at radius 2 is 1.66 bits per heavy atom. The van der Waals surface area contributed by atoms with E-state index in [0.29, 0.717) is 24.1 Å². The van der Waals surface area contributed by atoms with Gasteiger partial charge in [-0.2, -0.15) is 8.78 Å². The number of likely N-dealkylation sites (N-methyl/N-ethyl adjacent to an activating group) is 1. The molecule has 2 aliphatic rings. The summed E-state index contributed by atoms with van der Waals surface area (Å²) in [7, 11) is 1.64. The van der Waals surface area contributed by atoms with Crippen LogP contribution >= 0.6 is 0 Å². The number of nitrogens with zero attached hydrogens (tertiary/aromatic N) is 1. The van der Waals surface area contributed by atoms with E-state index in [0.717, 1.165) is 11.1 Å². The van der Waals surface area contributed by atoms with Crippen molar-refractivity contribution in [1.82, 2.24) is 10.6 Å². The van der Waals surface area contributed by atoms with Crippen molar-refractivity contribution in [3.63, 3.8) is 0 Å². The minimum absolute atomic E-state index is 0.237. The molecule has 1 saturated carbocycles. The fourth-order valence-electron chi connectivity index (χ4n) is 5.14. The third kappa shape index (κ3) is 4.66. The molecule has 8 heteroatoms. The van der Waals surface area contributed by atoms with Crippen molar-refractivity contribution in [3.05, 3.63) is 54.1 Å². The number of amides is 3. The van der Waals surface area contributed by atoms with Crippen LogP contribution in [0.15, 0.2) is 48.5 Å². The van der Waals surface area contributed by atoms with Crippen LogP contribution < -0.4 is 15.5 Å². The minimum atomic E-state index is -3.59. The number of nitrogens with one attached hydrogen (secondary N) is 2. The van der Waals surface area contributed by atoms with Crippen molar-refractivity contribution in [1.29, 1.82) is 0 Å². The summed E-state index contributed by atoms with van der Waals surface area (Å²) in [6.45, 7) is 3.23. The topological polar surface area (TPSA) is 78.5 Å². The number of benzene rings is 2. The first kappa shape index (κ1) is 24.8. The summed E-state index contributed by atoms with van der Waals surface area (Å²) in [4.78, 5) is 41.2. The molecule has 3 amide bonds. The summed E-state index contributed by atoms with van der Waals surface area (Å²) in [5, 5.41) is 5.20. The van der Waals surface area contributed by atoms with Gasteiger partial charge >= 0.3 is 5.92 Å². The fourth-order valence-corrected chi connectivity index (χ4v) is 5.14. The Hall–Kier alpha value is -3.29. The maximum atomic E-state index is 14.5. The van der Waals surface area contributed by atoms with Gasteiger partial charge in [0, 0.05) is 19.0 Å². The molecule has 1 aliphatic heterocycles. The Morgan fingerprint density at radius 1 is 1.06 bits per heavy atom. The Bertz CT molecular complexity index is 1140. The number of anilines is 1. The molecule has 1 aliphatic carbocycles. The van der Waals surface area contributed by atoms with Gasteiger partial charge in [-0.1, -0.05) is 69.2 Å². The fraction of sp³-hybridized carbons (Fsp3) is 0.444. The van der Waals surface area contributed by atoms with Crippen LogP contribution in [0.25, 0.3) is 11.1 Å². The largest absolute Gasteiger partial charge is 0.338 e. The van der Waals surface area contributed by atoms with E-state index in [4.69, 9.17) is 0 Å². The molecule has 1 fully saturated rings. The summed E-state index contributed by atoms with van der Waals surface area (Å²) in [5.41, 5.74) is 1.50. The summed E-state index contributed by atoms with van der Waals surface area (Å²) >= 11 is 0. The SMILES string of the molecule is CC(C)CC(F)(F)C(=O)NC1(C(=O)NC2C(=O)N(C)c3ccccc3-c3ccccc32)CCCC1. The number of para-hydroxylation sites is 1.